The van der Waals surface area contributed by atoms with E-state index in [-0.39, 0.29) is 5.54 Å². The van der Waals surface area contributed by atoms with Gasteiger partial charge in [-0.3, -0.25) is 4.90 Å². The van der Waals surface area contributed by atoms with Gasteiger partial charge in [-0.25, -0.2) is 0 Å². The van der Waals surface area contributed by atoms with Crippen molar-refractivity contribution in [2.24, 2.45) is 17.1 Å². The van der Waals surface area contributed by atoms with Crippen molar-refractivity contribution in [3.05, 3.63) is 0 Å². The summed E-state index contributed by atoms with van der Waals surface area (Å²) in [6.45, 7) is 12.5. The molecule has 0 heterocycles. The van der Waals surface area contributed by atoms with Crippen LogP contribution in [-0.4, -0.2) is 30.1 Å². The van der Waals surface area contributed by atoms with Gasteiger partial charge >= 0.3 is 0 Å². The SMILES string of the molecule is CCC1CCCCC1(CN)N(C)C(C)C(C)(C)C. The zero-order chi connectivity index (χ0) is 14.0. The van der Waals surface area contributed by atoms with Gasteiger partial charge in [0, 0.05) is 18.1 Å². The maximum absolute atomic E-state index is 6.24. The Labute approximate surface area is 114 Å². The van der Waals surface area contributed by atoms with Crippen molar-refractivity contribution in [3.8, 4) is 0 Å². The third-order valence-corrected chi connectivity index (χ3v) is 5.56. The predicted molar refractivity (Wildman–Crippen MR) is 80.7 cm³/mol. The Morgan fingerprint density at radius 2 is 1.94 bits per heavy atom. The molecule has 1 aliphatic carbocycles. The number of hydrogen-bond donors (Lipinski definition) is 1. The Morgan fingerprint density at radius 1 is 1.33 bits per heavy atom. The molecule has 0 amide bonds. The first kappa shape index (κ1) is 16.0. The van der Waals surface area contributed by atoms with Crippen LogP contribution >= 0.6 is 0 Å². The van der Waals surface area contributed by atoms with Crippen LogP contribution in [0.4, 0.5) is 0 Å². The van der Waals surface area contributed by atoms with Crippen LogP contribution in [0.25, 0.3) is 0 Å². The van der Waals surface area contributed by atoms with Crippen molar-refractivity contribution in [2.45, 2.75) is 78.3 Å². The predicted octanol–water partition coefficient (Wildman–Crippen LogP) is 3.65. The molecule has 1 rings (SSSR count). The topological polar surface area (TPSA) is 29.3 Å². The maximum Gasteiger partial charge on any atom is 0.0359 e. The zero-order valence-corrected chi connectivity index (χ0v) is 13.4. The molecule has 0 aromatic rings. The molecular formula is C16H34N2. The third-order valence-electron chi connectivity index (χ3n) is 5.56. The van der Waals surface area contributed by atoms with Crippen molar-refractivity contribution < 1.29 is 0 Å². The zero-order valence-electron chi connectivity index (χ0n) is 13.4. The Morgan fingerprint density at radius 3 is 2.39 bits per heavy atom. The molecule has 18 heavy (non-hydrogen) atoms. The van der Waals surface area contributed by atoms with Crippen molar-refractivity contribution >= 4 is 0 Å². The van der Waals surface area contributed by atoms with E-state index >= 15 is 0 Å². The first-order valence-corrected chi connectivity index (χ1v) is 7.72. The summed E-state index contributed by atoms with van der Waals surface area (Å²) in [5.41, 5.74) is 6.79. The second kappa shape index (κ2) is 5.92. The molecule has 2 heteroatoms. The lowest BCUT2D eigenvalue weighted by Gasteiger charge is -2.54. The molecule has 2 nitrogen and oxygen atoms in total. The lowest BCUT2D eigenvalue weighted by Crippen LogP contribution is -2.62. The molecule has 108 valence electrons. The van der Waals surface area contributed by atoms with Crippen molar-refractivity contribution in [1.29, 1.82) is 0 Å². The second-order valence-corrected chi connectivity index (χ2v) is 7.31. The van der Waals surface area contributed by atoms with Gasteiger partial charge in [0.2, 0.25) is 0 Å². The second-order valence-electron chi connectivity index (χ2n) is 7.31. The van der Waals surface area contributed by atoms with Gasteiger partial charge in [-0.15, -0.1) is 0 Å². The van der Waals surface area contributed by atoms with E-state index in [1.807, 2.05) is 0 Å². The average Bonchev–Trinajstić information content (AvgIpc) is 2.35. The van der Waals surface area contributed by atoms with Crippen LogP contribution in [0.15, 0.2) is 0 Å². The lowest BCUT2D eigenvalue weighted by molar-refractivity contribution is -0.0315. The van der Waals surface area contributed by atoms with E-state index in [2.05, 4.69) is 46.6 Å². The van der Waals surface area contributed by atoms with Crippen molar-refractivity contribution in [2.75, 3.05) is 13.6 Å². The minimum Gasteiger partial charge on any atom is -0.329 e. The van der Waals surface area contributed by atoms with Gasteiger partial charge in [0.15, 0.2) is 0 Å². The largest absolute Gasteiger partial charge is 0.329 e. The molecule has 0 saturated heterocycles. The highest BCUT2D eigenvalue weighted by atomic mass is 15.2. The van der Waals surface area contributed by atoms with E-state index in [1.54, 1.807) is 0 Å². The monoisotopic (exact) mass is 254 g/mol. The average molecular weight is 254 g/mol. The van der Waals surface area contributed by atoms with Gasteiger partial charge in [0.05, 0.1) is 0 Å². The highest BCUT2D eigenvalue weighted by molar-refractivity contribution is 5.01. The van der Waals surface area contributed by atoms with E-state index in [4.69, 9.17) is 5.73 Å². The first-order chi connectivity index (χ1) is 8.29. The highest BCUT2D eigenvalue weighted by Gasteiger charge is 2.45. The van der Waals surface area contributed by atoms with E-state index in [1.165, 1.54) is 32.1 Å². The molecule has 0 radical (unpaired) electrons. The third kappa shape index (κ3) is 2.91. The molecular weight excluding hydrogens is 220 g/mol. The van der Waals surface area contributed by atoms with Crippen LogP contribution in [-0.2, 0) is 0 Å². The van der Waals surface area contributed by atoms with Crippen molar-refractivity contribution in [3.63, 3.8) is 0 Å². The molecule has 0 aromatic carbocycles. The summed E-state index contributed by atoms with van der Waals surface area (Å²) in [6.07, 6.45) is 6.62. The Kier molecular flexibility index (Phi) is 5.25. The summed E-state index contributed by atoms with van der Waals surface area (Å²) in [5, 5.41) is 0. The minimum absolute atomic E-state index is 0.236. The molecule has 2 N–H and O–H groups in total. The standard InChI is InChI=1S/C16H34N2/c1-7-14-10-8-9-11-16(14,12-17)18(6)13(2)15(3,4)5/h13-14H,7-12,17H2,1-6H3. The van der Waals surface area contributed by atoms with Crippen LogP contribution in [0.5, 0.6) is 0 Å². The molecule has 0 bridgehead atoms. The molecule has 1 fully saturated rings. The number of hydrogen-bond acceptors (Lipinski definition) is 2. The summed E-state index contributed by atoms with van der Waals surface area (Å²) in [5.74, 6) is 0.769. The van der Waals surface area contributed by atoms with E-state index in [9.17, 15) is 0 Å². The van der Waals surface area contributed by atoms with Crippen LogP contribution < -0.4 is 5.73 Å². The first-order valence-electron chi connectivity index (χ1n) is 7.72. The van der Waals surface area contributed by atoms with E-state index in [0.717, 1.165) is 12.5 Å². The molecule has 3 unspecified atom stereocenters. The number of nitrogens with zero attached hydrogens (tertiary/aromatic N) is 1. The highest BCUT2D eigenvalue weighted by Crippen LogP contribution is 2.42. The summed E-state index contributed by atoms with van der Waals surface area (Å²) >= 11 is 0. The summed E-state index contributed by atoms with van der Waals surface area (Å²) in [6, 6.07) is 0.563. The van der Waals surface area contributed by atoms with Crippen LogP contribution in [0.2, 0.25) is 0 Å². The Bertz CT molecular complexity index is 256. The van der Waals surface area contributed by atoms with E-state index in [0.29, 0.717) is 11.5 Å². The minimum atomic E-state index is 0.236. The van der Waals surface area contributed by atoms with Crippen LogP contribution in [0.1, 0.15) is 66.7 Å². The fraction of sp³-hybridized carbons (Fsp3) is 1.00. The Hall–Kier alpha value is -0.0800. The van der Waals surface area contributed by atoms with Gasteiger partial charge in [-0.2, -0.15) is 0 Å². The molecule has 0 aliphatic heterocycles. The van der Waals surface area contributed by atoms with Gasteiger partial charge in [0.1, 0.15) is 0 Å². The summed E-state index contributed by atoms with van der Waals surface area (Å²) in [4.78, 5) is 2.61. The normalized spacial score (nSPS) is 31.7. The van der Waals surface area contributed by atoms with Gasteiger partial charge in [-0.1, -0.05) is 47.0 Å². The summed E-state index contributed by atoms with van der Waals surface area (Å²) < 4.78 is 0. The molecule has 3 atom stereocenters. The van der Waals surface area contributed by atoms with Crippen LogP contribution in [0.3, 0.4) is 0 Å². The van der Waals surface area contributed by atoms with E-state index < -0.39 is 0 Å². The van der Waals surface area contributed by atoms with Gasteiger partial charge < -0.3 is 5.73 Å². The molecule has 1 saturated carbocycles. The van der Waals surface area contributed by atoms with Crippen LogP contribution in [0, 0.1) is 11.3 Å². The molecule has 0 spiro atoms. The quantitative estimate of drug-likeness (QED) is 0.830. The van der Waals surface area contributed by atoms with Gasteiger partial charge in [-0.05, 0) is 38.1 Å². The summed E-state index contributed by atoms with van der Waals surface area (Å²) in [7, 11) is 2.30. The fourth-order valence-electron chi connectivity index (χ4n) is 3.72. The van der Waals surface area contributed by atoms with Crippen molar-refractivity contribution in [1.82, 2.24) is 4.90 Å². The maximum atomic E-state index is 6.24. The smallest absolute Gasteiger partial charge is 0.0359 e. The Balaban J connectivity index is 2.98. The molecule has 1 aliphatic rings. The molecule has 0 aromatic heterocycles. The lowest BCUT2D eigenvalue weighted by atomic mass is 9.69. The number of likely N-dealkylation sites (N-methyl/N-ethyl adjacent to an activating group) is 1. The van der Waals surface area contributed by atoms with Gasteiger partial charge in [0.25, 0.3) is 0 Å². The fourth-order valence-corrected chi connectivity index (χ4v) is 3.72. The number of nitrogens with two attached hydrogens (primary N) is 1. The number of rotatable bonds is 4.